The summed E-state index contributed by atoms with van der Waals surface area (Å²) >= 11 is 0. The molecular formula is C18H27N5. The molecule has 0 fully saturated rings. The van der Waals surface area contributed by atoms with Crippen molar-refractivity contribution in [2.45, 2.75) is 33.1 Å². The van der Waals surface area contributed by atoms with Crippen molar-refractivity contribution in [2.75, 3.05) is 36.5 Å². The van der Waals surface area contributed by atoms with Gasteiger partial charge in [0.1, 0.15) is 5.82 Å². The molecular weight excluding hydrogens is 286 g/mol. The summed E-state index contributed by atoms with van der Waals surface area (Å²) in [5.74, 6) is 1.81. The molecule has 5 heteroatoms. The van der Waals surface area contributed by atoms with Gasteiger partial charge < -0.3 is 9.80 Å². The minimum Gasteiger partial charge on any atom is -0.356 e. The zero-order valence-electron chi connectivity index (χ0n) is 14.4. The largest absolute Gasteiger partial charge is 0.356 e. The molecule has 0 N–H and O–H groups in total. The van der Waals surface area contributed by atoms with Crippen LogP contribution in [0.5, 0.6) is 0 Å². The highest BCUT2D eigenvalue weighted by atomic mass is 15.3. The molecule has 0 spiro atoms. The van der Waals surface area contributed by atoms with Crippen LogP contribution in [0.15, 0.2) is 36.8 Å². The molecule has 5 nitrogen and oxygen atoms in total. The van der Waals surface area contributed by atoms with E-state index in [1.807, 2.05) is 31.7 Å². The molecule has 23 heavy (non-hydrogen) atoms. The summed E-state index contributed by atoms with van der Waals surface area (Å²) in [6, 6.07) is 6.11. The van der Waals surface area contributed by atoms with Crippen LogP contribution in [0.2, 0.25) is 0 Å². The van der Waals surface area contributed by atoms with Crippen molar-refractivity contribution in [1.82, 2.24) is 15.0 Å². The van der Waals surface area contributed by atoms with Gasteiger partial charge in [0.2, 0.25) is 5.95 Å². The molecule has 2 rings (SSSR count). The lowest BCUT2D eigenvalue weighted by atomic mass is 10.2. The summed E-state index contributed by atoms with van der Waals surface area (Å²) in [7, 11) is 2.05. The SMILES string of the molecule is CCCN(CCC)c1ccnc(N(C)CCc2ccncc2)n1. The van der Waals surface area contributed by atoms with Gasteiger partial charge in [0.15, 0.2) is 0 Å². The lowest BCUT2D eigenvalue weighted by Crippen LogP contribution is -2.28. The molecule has 2 heterocycles. The van der Waals surface area contributed by atoms with Crippen LogP contribution < -0.4 is 9.80 Å². The summed E-state index contributed by atoms with van der Waals surface area (Å²) in [5, 5.41) is 0. The van der Waals surface area contributed by atoms with E-state index in [1.165, 1.54) is 5.56 Å². The van der Waals surface area contributed by atoms with Crippen LogP contribution in [-0.2, 0) is 6.42 Å². The van der Waals surface area contributed by atoms with Gasteiger partial charge in [0.05, 0.1) is 0 Å². The van der Waals surface area contributed by atoms with Gasteiger partial charge in [-0.15, -0.1) is 0 Å². The van der Waals surface area contributed by atoms with Gasteiger partial charge in [-0.2, -0.15) is 4.98 Å². The van der Waals surface area contributed by atoms with Crippen molar-refractivity contribution in [2.24, 2.45) is 0 Å². The maximum Gasteiger partial charge on any atom is 0.227 e. The maximum absolute atomic E-state index is 4.75. The van der Waals surface area contributed by atoms with Crippen LogP contribution in [-0.4, -0.2) is 41.6 Å². The first-order valence-electron chi connectivity index (χ1n) is 8.42. The molecule has 0 amide bonds. The summed E-state index contributed by atoms with van der Waals surface area (Å²) < 4.78 is 0. The van der Waals surface area contributed by atoms with Crippen LogP contribution in [0.4, 0.5) is 11.8 Å². The Hall–Kier alpha value is -2.17. The third-order valence-corrected chi connectivity index (χ3v) is 3.77. The van der Waals surface area contributed by atoms with Crippen LogP contribution in [0.25, 0.3) is 0 Å². The van der Waals surface area contributed by atoms with Crippen molar-refractivity contribution in [3.8, 4) is 0 Å². The normalized spacial score (nSPS) is 10.6. The molecule has 2 aromatic rings. The van der Waals surface area contributed by atoms with E-state index in [0.29, 0.717) is 0 Å². The van der Waals surface area contributed by atoms with Gasteiger partial charge in [-0.25, -0.2) is 4.98 Å². The number of hydrogen-bond acceptors (Lipinski definition) is 5. The van der Waals surface area contributed by atoms with E-state index in [9.17, 15) is 0 Å². The molecule has 0 aliphatic carbocycles. The number of aromatic nitrogens is 3. The monoisotopic (exact) mass is 313 g/mol. The first kappa shape index (κ1) is 17.2. The van der Waals surface area contributed by atoms with E-state index in [4.69, 9.17) is 4.98 Å². The van der Waals surface area contributed by atoms with Crippen molar-refractivity contribution in [3.63, 3.8) is 0 Å². The van der Waals surface area contributed by atoms with Crippen molar-refractivity contribution in [3.05, 3.63) is 42.4 Å². The van der Waals surface area contributed by atoms with E-state index >= 15 is 0 Å². The van der Waals surface area contributed by atoms with E-state index < -0.39 is 0 Å². The smallest absolute Gasteiger partial charge is 0.227 e. The molecule has 0 saturated carbocycles. The zero-order chi connectivity index (χ0) is 16.5. The summed E-state index contributed by atoms with van der Waals surface area (Å²) in [6.07, 6.45) is 8.73. The Morgan fingerprint density at radius 3 is 2.26 bits per heavy atom. The van der Waals surface area contributed by atoms with Crippen LogP contribution in [0.3, 0.4) is 0 Å². The van der Waals surface area contributed by atoms with Crippen LogP contribution >= 0.6 is 0 Å². The number of hydrogen-bond donors (Lipinski definition) is 0. The molecule has 0 aliphatic rings. The topological polar surface area (TPSA) is 45.2 Å². The highest BCUT2D eigenvalue weighted by molar-refractivity contribution is 5.43. The predicted molar refractivity (Wildman–Crippen MR) is 96.0 cm³/mol. The molecule has 0 unspecified atom stereocenters. The number of likely N-dealkylation sites (N-methyl/N-ethyl adjacent to an activating group) is 1. The van der Waals surface area contributed by atoms with E-state index in [-0.39, 0.29) is 0 Å². The molecule has 0 saturated heterocycles. The average Bonchev–Trinajstić information content (AvgIpc) is 2.60. The van der Waals surface area contributed by atoms with E-state index in [2.05, 4.69) is 45.7 Å². The van der Waals surface area contributed by atoms with Gasteiger partial charge >= 0.3 is 0 Å². The Morgan fingerprint density at radius 2 is 1.61 bits per heavy atom. The summed E-state index contributed by atoms with van der Waals surface area (Å²) in [4.78, 5) is 17.7. The molecule has 0 bridgehead atoms. The van der Waals surface area contributed by atoms with E-state index in [0.717, 1.165) is 50.7 Å². The number of nitrogens with zero attached hydrogens (tertiary/aromatic N) is 5. The first-order valence-corrected chi connectivity index (χ1v) is 8.42. The third-order valence-electron chi connectivity index (χ3n) is 3.77. The van der Waals surface area contributed by atoms with Gasteiger partial charge in [-0.1, -0.05) is 13.8 Å². The van der Waals surface area contributed by atoms with Crippen molar-refractivity contribution < 1.29 is 0 Å². The maximum atomic E-state index is 4.75. The fraction of sp³-hybridized carbons (Fsp3) is 0.500. The second kappa shape index (κ2) is 9.08. The highest BCUT2D eigenvalue weighted by Crippen LogP contribution is 2.15. The fourth-order valence-electron chi connectivity index (χ4n) is 2.53. The number of pyridine rings is 1. The first-order chi connectivity index (χ1) is 11.2. The lowest BCUT2D eigenvalue weighted by molar-refractivity contribution is 0.729. The minimum absolute atomic E-state index is 0.786. The molecule has 0 aromatic carbocycles. The number of anilines is 2. The number of rotatable bonds is 9. The Morgan fingerprint density at radius 1 is 0.913 bits per heavy atom. The van der Waals surface area contributed by atoms with Crippen molar-refractivity contribution >= 4 is 11.8 Å². The quantitative estimate of drug-likeness (QED) is 0.711. The Labute approximate surface area is 139 Å². The Balaban J connectivity index is 2.02. The average molecular weight is 313 g/mol. The third kappa shape index (κ3) is 5.20. The van der Waals surface area contributed by atoms with Crippen molar-refractivity contribution in [1.29, 1.82) is 0 Å². The van der Waals surface area contributed by atoms with Gasteiger partial charge in [-0.3, -0.25) is 4.98 Å². The molecule has 0 aliphatic heterocycles. The summed E-state index contributed by atoms with van der Waals surface area (Å²) in [5.41, 5.74) is 1.28. The second-order valence-electron chi connectivity index (χ2n) is 5.73. The van der Waals surface area contributed by atoms with Crippen LogP contribution in [0, 0.1) is 0 Å². The standard InChI is InChI=1S/C18H27N5/c1-4-13-23(14-5-2)17-8-12-20-18(21-17)22(3)15-9-16-6-10-19-11-7-16/h6-8,10-12H,4-5,9,13-15H2,1-3H3. The van der Waals surface area contributed by atoms with Gasteiger partial charge in [-0.05, 0) is 43.0 Å². The molecule has 0 atom stereocenters. The van der Waals surface area contributed by atoms with Crippen LogP contribution in [0.1, 0.15) is 32.3 Å². The molecule has 0 radical (unpaired) electrons. The summed E-state index contributed by atoms with van der Waals surface area (Å²) in [6.45, 7) is 7.35. The zero-order valence-corrected chi connectivity index (χ0v) is 14.4. The fourth-order valence-corrected chi connectivity index (χ4v) is 2.53. The minimum atomic E-state index is 0.786. The predicted octanol–water partition coefficient (Wildman–Crippen LogP) is 3.18. The Kier molecular flexibility index (Phi) is 6.78. The van der Waals surface area contributed by atoms with Gasteiger partial charge in [0.25, 0.3) is 0 Å². The lowest BCUT2D eigenvalue weighted by Gasteiger charge is -2.24. The van der Waals surface area contributed by atoms with E-state index in [1.54, 1.807) is 0 Å². The highest BCUT2D eigenvalue weighted by Gasteiger charge is 2.10. The second-order valence-corrected chi connectivity index (χ2v) is 5.73. The van der Waals surface area contributed by atoms with Gasteiger partial charge in [0, 0.05) is 45.3 Å². The molecule has 2 aromatic heterocycles. The molecule has 124 valence electrons. The Bertz CT molecular complexity index is 567.